The summed E-state index contributed by atoms with van der Waals surface area (Å²) in [6.45, 7) is 2.26. The number of hydrogen-bond acceptors (Lipinski definition) is 0. The zero-order chi connectivity index (χ0) is 15.9. The van der Waals surface area contributed by atoms with Crippen molar-refractivity contribution in [1.29, 1.82) is 0 Å². The van der Waals surface area contributed by atoms with E-state index in [1.54, 1.807) is 0 Å². The van der Waals surface area contributed by atoms with Gasteiger partial charge in [0.15, 0.2) is 0 Å². The largest absolute Gasteiger partial charge is 0.0807 e. The molecule has 0 N–H and O–H groups in total. The van der Waals surface area contributed by atoms with Gasteiger partial charge in [0.2, 0.25) is 0 Å². The van der Waals surface area contributed by atoms with E-state index in [0.29, 0.717) is 0 Å². The molecule has 0 aromatic heterocycles. The molecule has 0 heteroatoms. The lowest BCUT2D eigenvalue weighted by Gasteiger charge is -2.13. The Kier molecular flexibility index (Phi) is 5.69. The highest BCUT2D eigenvalue weighted by atomic mass is 14.1. The van der Waals surface area contributed by atoms with Gasteiger partial charge in [-0.2, -0.15) is 0 Å². The van der Waals surface area contributed by atoms with Gasteiger partial charge in [-0.05, 0) is 66.4 Å². The van der Waals surface area contributed by atoms with E-state index >= 15 is 0 Å². The fourth-order valence-corrected chi connectivity index (χ4v) is 3.42. The topological polar surface area (TPSA) is 0 Å². The molecule has 120 valence electrons. The van der Waals surface area contributed by atoms with Crippen molar-refractivity contribution in [1.82, 2.24) is 0 Å². The van der Waals surface area contributed by atoms with Crippen LogP contribution in [0.2, 0.25) is 0 Å². The van der Waals surface area contributed by atoms with E-state index in [2.05, 4.69) is 61.5 Å². The lowest BCUT2D eigenvalue weighted by Crippen LogP contribution is -1.91. The van der Waals surface area contributed by atoms with Gasteiger partial charge in [-0.1, -0.05) is 74.4 Å². The van der Waals surface area contributed by atoms with Crippen LogP contribution in [0.1, 0.15) is 63.0 Å². The monoisotopic (exact) mass is 304 g/mol. The number of benzene rings is 2. The minimum Gasteiger partial charge on any atom is -0.0807 e. The first-order valence-corrected chi connectivity index (χ1v) is 9.25. The van der Waals surface area contributed by atoms with E-state index in [0.717, 1.165) is 0 Å². The molecule has 0 spiro atoms. The van der Waals surface area contributed by atoms with Gasteiger partial charge in [-0.3, -0.25) is 0 Å². The Labute approximate surface area is 141 Å². The van der Waals surface area contributed by atoms with Crippen LogP contribution in [0.3, 0.4) is 0 Å². The molecule has 23 heavy (non-hydrogen) atoms. The van der Waals surface area contributed by atoms with Crippen molar-refractivity contribution in [2.24, 2.45) is 0 Å². The summed E-state index contributed by atoms with van der Waals surface area (Å²) in [6, 6.07) is 18.3. The summed E-state index contributed by atoms with van der Waals surface area (Å²) in [5.41, 5.74) is 7.06. The molecule has 0 amide bonds. The van der Waals surface area contributed by atoms with Crippen molar-refractivity contribution in [3.8, 4) is 11.1 Å². The van der Waals surface area contributed by atoms with Gasteiger partial charge >= 0.3 is 0 Å². The highest BCUT2D eigenvalue weighted by Gasteiger charge is 2.06. The summed E-state index contributed by atoms with van der Waals surface area (Å²) < 4.78 is 0. The first-order chi connectivity index (χ1) is 11.4. The molecule has 1 aliphatic carbocycles. The van der Waals surface area contributed by atoms with Crippen molar-refractivity contribution in [2.45, 2.75) is 58.3 Å². The Morgan fingerprint density at radius 1 is 0.739 bits per heavy atom. The van der Waals surface area contributed by atoms with Crippen LogP contribution >= 0.6 is 0 Å². The summed E-state index contributed by atoms with van der Waals surface area (Å²) >= 11 is 0. The maximum absolute atomic E-state index is 2.42. The quantitative estimate of drug-likeness (QED) is 0.502. The summed E-state index contributed by atoms with van der Waals surface area (Å²) in [6.07, 6.45) is 12.7. The highest BCUT2D eigenvalue weighted by Crippen LogP contribution is 2.28. The molecule has 0 saturated carbocycles. The van der Waals surface area contributed by atoms with Crippen LogP contribution in [-0.2, 0) is 6.42 Å². The molecule has 0 bridgehead atoms. The van der Waals surface area contributed by atoms with Gasteiger partial charge in [0, 0.05) is 0 Å². The van der Waals surface area contributed by atoms with Gasteiger partial charge < -0.3 is 0 Å². The van der Waals surface area contributed by atoms with Gasteiger partial charge in [0.25, 0.3) is 0 Å². The smallest absolute Gasteiger partial charge is 0.0184 e. The molecule has 0 atom stereocenters. The first kappa shape index (κ1) is 16.1. The molecular formula is C23H28. The Morgan fingerprint density at radius 3 is 2.00 bits per heavy atom. The average Bonchev–Trinajstić information content (AvgIpc) is 2.63. The molecule has 0 fully saturated rings. The summed E-state index contributed by atoms with van der Waals surface area (Å²) in [4.78, 5) is 0. The van der Waals surface area contributed by atoms with Crippen LogP contribution in [-0.4, -0.2) is 0 Å². The SMILES string of the molecule is CCCCCc1ccc(-c2ccc(C3=CCCCC3)cc2)cc1. The Morgan fingerprint density at radius 2 is 1.39 bits per heavy atom. The second-order valence-corrected chi connectivity index (χ2v) is 6.71. The third-order valence-corrected chi connectivity index (χ3v) is 4.90. The van der Waals surface area contributed by atoms with Crippen LogP contribution in [0.25, 0.3) is 16.7 Å². The molecule has 2 aromatic rings. The van der Waals surface area contributed by atoms with Crippen molar-refractivity contribution in [2.75, 3.05) is 0 Å². The standard InChI is InChI=1S/C23H28/c1-2-3-5-8-19-11-13-21(14-12-19)23-17-15-22(16-18-23)20-9-6-4-7-10-20/h9,11-18H,2-8,10H2,1H3. The van der Waals surface area contributed by atoms with E-state index in [1.807, 2.05) is 0 Å². The van der Waals surface area contributed by atoms with Crippen molar-refractivity contribution < 1.29 is 0 Å². The van der Waals surface area contributed by atoms with Gasteiger partial charge in [0.05, 0.1) is 0 Å². The van der Waals surface area contributed by atoms with E-state index in [9.17, 15) is 0 Å². The molecule has 0 nitrogen and oxygen atoms in total. The first-order valence-electron chi connectivity index (χ1n) is 9.25. The highest BCUT2D eigenvalue weighted by molar-refractivity contribution is 5.71. The third kappa shape index (κ3) is 4.34. The van der Waals surface area contributed by atoms with Gasteiger partial charge in [0.1, 0.15) is 0 Å². The second-order valence-electron chi connectivity index (χ2n) is 6.71. The van der Waals surface area contributed by atoms with E-state index < -0.39 is 0 Å². The van der Waals surface area contributed by atoms with Crippen molar-refractivity contribution >= 4 is 5.57 Å². The van der Waals surface area contributed by atoms with Crippen LogP contribution < -0.4 is 0 Å². The molecule has 1 aliphatic rings. The van der Waals surface area contributed by atoms with E-state index in [4.69, 9.17) is 0 Å². The maximum atomic E-state index is 2.42. The Hall–Kier alpha value is -1.82. The summed E-state index contributed by atoms with van der Waals surface area (Å²) in [5.74, 6) is 0. The second kappa shape index (κ2) is 8.15. The van der Waals surface area contributed by atoms with E-state index in [1.165, 1.54) is 79.2 Å². The van der Waals surface area contributed by atoms with Crippen molar-refractivity contribution in [3.05, 3.63) is 65.7 Å². The van der Waals surface area contributed by atoms with Gasteiger partial charge in [-0.15, -0.1) is 0 Å². The zero-order valence-electron chi connectivity index (χ0n) is 14.4. The van der Waals surface area contributed by atoms with Crippen LogP contribution in [0.4, 0.5) is 0 Å². The molecule has 0 radical (unpaired) electrons. The zero-order valence-corrected chi connectivity index (χ0v) is 14.4. The Balaban J connectivity index is 1.68. The van der Waals surface area contributed by atoms with Gasteiger partial charge in [-0.25, -0.2) is 0 Å². The van der Waals surface area contributed by atoms with Crippen LogP contribution in [0.5, 0.6) is 0 Å². The molecule has 2 aromatic carbocycles. The number of rotatable bonds is 6. The number of aryl methyl sites for hydroxylation is 1. The van der Waals surface area contributed by atoms with Crippen LogP contribution in [0.15, 0.2) is 54.6 Å². The van der Waals surface area contributed by atoms with E-state index in [-0.39, 0.29) is 0 Å². The molecule has 0 heterocycles. The number of allylic oxidation sites excluding steroid dienone is 2. The van der Waals surface area contributed by atoms with Crippen molar-refractivity contribution in [3.63, 3.8) is 0 Å². The third-order valence-electron chi connectivity index (χ3n) is 4.90. The molecule has 0 aliphatic heterocycles. The molecule has 0 unspecified atom stereocenters. The lowest BCUT2D eigenvalue weighted by atomic mass is 9.92. The predicted octanol–water partition coefficient (Wildman–Crippen LogP) is 7.04. The fraction of sp³-hybridized carbons (Fsp3) is 0.391. The molecule has 0 saturated heterocycles. The minimum atomic E-state index is 1.21. The summed E-state index contributed by atoms with van der Waals surface area (Å²) in [5, 5.41) is 0. The minimum absolute atomic E-state index is 1.21. The number of hydrogen-bond donors (Lipinski definition) is 0. The molecule has 3 rings (SSSR count). The van der Waals surface area contributed by atoms with Crippen LogP contribution in [0, 0.1) is 0 Å². The molecular weight excluding hydrogens is 276 g/mol. The lowest BCUT2D eigenvalue weighted by molar-refractivity contribution is 0.717. The normalized spacial score (nSPS) is 14.6. The average molecular weight is 304 g/mol. The fourth-order valence-electron chi connectivity index (χ4n) is 3.42. The maximum Gasteiger partial charge on any atom is -0.0184 e. The summed E-state index contributed by atoms with van der Waals surface area (Å²) in [7, 11) is 0. The Bertz CT molecular complexity index is 629. The predicted molar refractivity (Wildman–Crippen MR) is 102 cm³/mol. The number of unbranched alkanes of at least 4 members (excludes halogenated alkanes) is 2.